The molecule has 4 nitrogen and oxygen atoms in total. The summed E-state index contributed by atoms with van der Waals surface area (Å²) in [4.78, 5) is 12.3. The third-order valence-electron chi connectivity index (χ3n) is 3.80. The van der Waals surface area contributed by atoms with Crippen molar-refractivity contribution in [1.82, 2.24) is 5.32 Å². The number of furan rings is 1. The Morgan fingerprint density at radius 1 is 1.17 bits per heavy atom. The van der Waals surface area contributed by atoms with Crippen LogP contribution in [0.3, 0.4) is 0 Å². The van der Waals surface area contributed by atoms with E-state index < -0.39 is 0 Å². The first-order valence-electron chi connectivity index (χ1n) is 7.71. The van der Waals surface area contributed by atoms with Gasteiger partial charge in [0.25, 0.3) is 5.91 Å². The Labute approximate surface area is 145 Å². The lowest BCUT2D eigenvalue weighted by molar-refractivity contribution is 0.0920. The molecule has 0 aliphatic rings. The number of carbonyl (C=O) groups is 1. The Bertz CT molecular complexity index is 868. The number of fused-ring (bicyclic) bond motifs is 1. The molecule has 1 aromatic heterocycles. The summed E-state index contributed by atoms with van der Waals surface area (Å²) in [5.41, 5.74) is 2.50. The Hall–Kier alpha value is -2.46. The van der Waals surface area contributed by atoms with E-state index in [-0.39, 0.29) is 11.7 Å². The molecule has 0 radical (unpaired) electrons. The first kappa shape index (κ1) is 16.4. The van der Waals surface area contributed by atoms with Crippen molar-refractivity contribution in [1.29, 1.82) is 0 Å². The SMILES string of the molecule is Cc1ccc(OCCNC(=O)c2oc3c(Cl)cccc3c2C)cc1. The number of amides is 1. The molecule has 1 heterocycles. The van der Waals surface area contributed by atoms with Crippen LogP contribution in [0.1, 0.15) is 21.7 Å². The highest BCUT2D eigenvalue weighted by Gasteiger charge is 2.18. The van der Waals surface area contributed by atoms with Gasteiger partial charge in [-0.25, -0.2) is 0 Å². The number of rotatable bonds is 5. The number of nitrogens with one attached hydrogen (secondary N) is 1. The van der Waals surface area contributed by atoms with Crippen molar-refractivity contribution >= 4 is 28.5 Å². The number of aryl methyl sites for hydroxylation is 2. The molecule has 0 fully saturated rings. The van der Waals surface area contributed by atoms with Crippen LogP contribution in [-0.2, 0) is 0 Å². The van der Waals surface area contributed by atoms with Gasteiger partial charge in [0.2, 0.25) is 0 Å². The van der Waals surface area contributed by atoms with E-state index >= 15 is 0 Å². The van der Waals surface area contributed by atoms with Crippen molar-refractivity contribution in [2.75, 3.05) is 13.2 Å². The highest BCUT2D eigenvalue weighted by atomic mass is 35.5. The van der Waals surface area contributed by atoms with Crippen LogP contribution in [0.5, 0.6) is 5.75 Å². The number of hydrogen-bond donors (Lipinski definition) is 1. The lowest BCUT2D eigenvalue weighted by Gasteiger charge is -2.07. The monoisotopic (exact) mass is 343 g/mol. The molecule has 0 saturated carbocycles. The van der Waals surface area contributed by atoms with E-state index in [0.29, 0.717) is 23.8 Å². The largest absolute Gasteiger partial charge is 0.492 e. The molecule has 0 spiro atoms. The second-order valence-electron chi connectivity index (χ2n) is 5.59. The molecular weight excluding hydrogens is 326 g/mol. The number of halogens is 1. The molecule has 3 aromatic rings. The zero-order chi connectivity index (χ0) is 17.1. The normalized spacial score (nSPS) is 10.8. The Balaban J connectivity index is 1.60. The van der Waals surface area contributed by atoms with Gasteiger partial charge in [-0.05, 0) is 32.0 Å². The van der Waals surface area contributed by atoms with Gasteiger partial charge >= 0.3 is 0 Å². The van der Waals surface area contributed by atoms with Gasteiger partial charge in [-0.15, -0.1) is 0 Å². The van der Waals surface area contributed by atoms with Gasteiger partial charge in [-0.1, -0.05) is 41.4 Å². The average Bonchev–Trinajstić information content (AvgIpc) is 2.92. The zero-order valence-electron chi connectivity index (χ0n) is 13.6. The molecule has 0 saturated heterocycles. The minimum Gasteiger partial charge on any atom is -0.492 e. The van der Waals surface area contributed by atoms with Crippen LogP contribution in [0.4, 0.5) is 0 Å². The van der Waals surface area contributed by atoms with Crippen molar-refractivity contribution < 1.29 is 13.9 Å². The lowest BCUT2D eigenvalue weighted by Crippen LogP contribution is -2.28. The fraction of sp³-hybridized carbons (Fsp3) is 0.211. The van der Waals surface area contributed by atoms with Gasteiger partial charge < -0.3 is 14.5 Å². The number of carbonyl (C=O) groups excluding carboxylic acids is 1. The summed E-state index contributed by atoms with van der Waals surface area (Å²) in [6, 6.07) is 13.2. The molecule has 2 aromatic carbocycles. The molecule has 0 atom stereocenters. The predicted octanol–water partition coefficient (Wildman–Crippen LogP) is 4.51. The average molecular weight is 344 g/mol. The maximum atomic E-state index is 12.3. The molecule has 0 unspecified atom stereocenters. The molecule has 0 aliphatic carbocycles. The number of para-hydroxylation sites is 1. The topological polar surface area (TPSA) is 51.5 Å². The van der Waals surface area contributed by atoms with Crippen molar-refractivity contribution in [3.05, 3.63) is 64.4 Å². The van der Waals surface area contributed by atoms with Crippen LogP contribution in [0.2, 0.25) is 5.02 Å². The third kappa shape index (κ3) is 3.39. The van der Waals surface area contributed by atoms with Crippen LogP contribution < -0.4 is 10.1 Å². The van der Waals surface area contributed by atoms with Crippen molar-refractivity contribution in [2.24, 2.45) is 0 Å². The van der Waals surface area contributed by atoms with E-state index in [1.165, 1.54) is 5.56 Å². The van der Waals surface area contributed by atoms with Crippen molar-refractivity contribution in [2.45, 2.75) is 13.8 Å². The quantitative estimate of drug-likeness (QED) is 0.693. The summed E-state index contributed by atoms with van der Waals surface area (Å²) in [5, 5.41) is 4.15. The molecule has 124 valence electrons. The van der Waals surface area contributed by atoms with E-state index in [1.807, 2.05) is 50.2 Å². The lowest BCUT2D eigenvalue weighted by atomic mass is 10.1. The van der Waals surface area contributed by atoms with Crippen molar-refractivity contribution in [3.8, 4) is 5.75 Å². The summed E-state index contributed by atoms with van der Waals surface area (Å²) in [7, 11) is 0. The Morgan fingerprint density at radius 3 is 2.62 bits per heavy atom. The molecule has 1 N–H and O–H groups in total. The minimum atomic E-state index is -0.271. The van der Waals surface area contributed by atoms with E-state index in [2.05, 4.69) is 5.32 Å². The summed E-state index contributed by atoms with van der Waals surface area (Å²) in [6.07, 6.45) is 0. The van der Waals surface area contributed by atoms with Crippen molar-refractivity contribution in [3.63, 3.8) is 0 Å². The van der Waals surface area contributed by atoms with Gasteiger partial charge in [0.15, 0.2) is 11.3 Å². The highest BCUT2D eigenvalue weighted by molar-refractivity contribution is 6.35. The van der Waals surface area contributed by atoms with Crippen LogP contribution in [0.15, 0.2) is 46.9 Å². The number of hydrogen-bond acceptors (Lipinski definition) is 3. The van der Waals surface area contributed by atoms with Crippen LogP contribution in [0.25, 0.3) is 11.0 Å². The van der Waals surface area contributed by atoms with Crippen LogP contribution >= 0.6 is 11.6 Å². The molecule has 5 heteroatoms. The molecule has 3 rings (SSSR count). The Kier molecular flexibility index (Phi) is 4.76. The minimum absolute atomic E-state index is 0.271. The van der Waals surface area contributed by atoms with Gasteiger partial charge in [0, 0.05) is 10.9 Å². The highest BCUT2D eigenvalue weighted by Crippen LogP contribution is 2.30. The number of ether oxygens (including phenoxy) is 1. The molecular formula is C19H18ClNO3. The van der Waals surface area contributed by atoms with Crippen LogP contribution in [0, 0.1) is 13.8 Å². The van der Waals surface area contributed by atoms with Gasteiger partial charge in [-0.2, -0.15) is 0 Å². The van der Waals surface area contributed by atoms with Crippen LogP contribution in [-0.4, -0.2) is 19.1 Å². The Morgan fingerprint density at radius 2 is 1.92 bits per heavy atom. The second kappa shape index (κ2) is 6.97. The summed E-state index contributed by atoms with van der Waals surface area (Å²) >= 11 is 6.11. The molecule has 1 amide bonds. The standard InChI is InChI=1S/C19H18ClNO3/c1-12-6-8-14(9-7-12)23-11-10-21-19(22)17-13(2)15-4-3-5-16(20)18(15)24-17/h3-9H,10-11H2,1-2H3,(H,21,22). The molecule has 24 heavy (non-hydrogen) atoms. The maximum absolute atomic E-state index is 12.3. The fourth-order valence-corrected chi connectivity index (χ4v) is 2.69. The van der Waals surface area contributed by atoms with Gasteiger partial charge in [0.1, 0.15) is 12.4 Å². The summed E-state index contributed by atoms with van der Waals surface area (Å²) in [5.74, 6) is 0.794. The predicted molar refractivity (Wildman–Crippen MR) is 95.0 cm³/mol. The number of benzene rings is 2. The molecule has 0 bridgehead atoms. The van der Waals surface area contributed by atoms with E-state index in [0.717, 1.165) is 16.7 Å². The van der Waals surface area contributed by atoms with E-state index in [1.54, 1.807) is 6.07 Å². The van der Waals surface area contributed by atoms with E-state index in [4.69, 9.17) is 20.8 Å². The second-order valence-corrected chi connectivity index (χ2v) is 6.00. The van der Waals surface area contributed by atoms with E-state index in [9.17, 15) is 4.79 Å². The summed E-state index contributed by atoms with van der Waals surface area (Å²) < 4.78 is 11.2. The maximum Gasteiger partial charge on any atom is 0.287 e. The fourth-order valence-electron chi connectivity index (χ4n) is 2.47. The van der Waals surface area contributed by atoms with Gasteiger partial charge in [0.05, 0.1) is 11.6 Å². The zero-order valence-corrected chi connectivity index (χ0v) is 14.3. The smallest absolute Gasteiger partial charge is 0.287 e. The first-order chi connectivity index (χ1) is 11.6. The van der Waals surface area contributed by atoms with Gasteiger partial charge in [-0.3, -0.25) is 4.79 Å². The molecule has 0 aliphatic heterocycles. The summed E-state index contributed by atoms with van der Waals surface area (Å²) in [6.45, 7) is 4.64. The third-order valence-corrected chi connectivity index (χ3v) is 4.10. The first-order valence-corrected chi connectivity index (χ1v) is 8.09.